The number of fused-ring (bicyclic) bond motifs is 1. The molecular formula is C11H11N5OS. The molecule has 2 aromatic heterocycles. The molecule has 0 spiro atoms. The van der Waals surface area contributed by atoms with Crippen molar-refractivity contribution in [1.29, 1.82) is 0 Å². The van der Waals surface area contributed by atoms with Gasteiger partial charge >= 0.3 is 5.84 Å². The molecule has 0 amide bonds. The third kappa shape index (κ3) is 1.78. The van der Waals surface area contributed by atoms with E-state index in [0.717, 1.165) is 11.3 Å². The summed E-state index contributed by atoms with van der Waals surface area (Å²) in [5, 5.41) is 7.02. The molecule has 0 aliphatic heterocycles. The summed E-state index contributed by atoms with van der Waals surface area (Å²) < 4.78 is 7.29. The summed E-state index contributed by atoms with van der Waals surface area (Å²) in [5.74, 6) is 0.876. The first-order chi connectivity index (χ1) is 8.63. The predicted molar refractivity (Wildman–Crippen MR) is 70.2 cm³/mol. The minimum absolute atomic E-state index is 0.357. The van der Waals surface area contributed by atoms with Gasteiger partial charge in [-0.2, -0.15) is 4.98 Å². The quantitative estimate of drug-likeness (QED) is 0.716. The normalized spacial score (nSPS) is 11.0. The van der Waals surface area contributed by atoms with E-state index >= 15 is 0 Å². The van der Waals surface area contributed by atoms with E-state index in [0.29, 0.717) is 16.5 Å². The molecule has 0 bridgehead atoms. The van der Waals surface area contributed by atoms with Crippen LogP contribution in [0.25, 0.3) is 17.3 Å². The molecule has 0 unspecified atom stereocenters. The number of H-pyrrole nitrogens is 1. The number of rotatable bonds is 2. The van der Waals surface area contributed by atoms with Crippen molar-refractivity contribution in [3.05, 3.63) is 29.0 Å². The average molecular weight is 261 g/mol. The van der Waals surface area contributed by atoms with Gasteiger partial charge in [-0.05, 0) is 36.5 Å². The summed E-state index contributed by atoms with van der Waals surface area (Å²) in [7, 11) is 3.99. The third-order valence-corrected chi connectivity index (χ3v) is 2.77. The number of anilines is 1. The molecule has 3 aromatic rings. The summed E-state index contributed by atoms with van der Waals surface area (Å²) >= 11 is 4.88. The summed E-state index contributed by atoms with van der Waals surface area (Å²) in [6, 6.07) is 7.92. The molecule has 0 atom stereocenters. The fourth-order valence-electron chi connectivity index (χ4n) is 1.65. The lowest BCUT2D eigenvalue weighted by atomic mass is 10.2. The van der Waals surface area contributed by atoms with Gasteiger partial charge in [-0.15, -0.1) is 9.73 Å². The highest BCUT2D eigenvalue weighted by atomic mass is 32.1. The Balaban J connectivity index is 2.02. The molecule has 0 aliphatic rings. The van der Waals surface area contributed by atoms with Crippen LogP contribution >= 0.6 is 12.2 Å². The smallest absolute Gasteiger partial charge is 0.343 e. The highest BCUT2D eigenvalue weighted by Crippen LogP contribution is 2.21. The fourth-order valence-corrected chi connectivity index (χ4v) is 1.81. The maximum absolute atomic E-state index is 5.50. The van der Waals surface area contributed by atoms with Crippen LogP contribution < -0.4 is 4.90 Å². The summed E-state index contributed by atoms with van der Waals surface area (Å²) in [6.07, 6.45) is 0. The second-order valence-corrected chi connectivity index (χ2v) is 4.46. The van der Waals surface area contributed by atoms with Crippen molar-refractivity contribution in [2.24, 2.45) is 0 Å². The second kappa shape index (κ2) is 3.95. The molecule has 0 aliphatic carbocycles. The van der Waals surface area contributed by atoms with Crippen LogP contribution in [0.15, 0.2) is 28.7 Å². The average Bonchev–Trinajstić information content (AvgIpc) is 2.86. The van der Waals surface area contributed by atoms with E-state index < -0.39 is 0 Å². The zero-order valence-electron chi connectivity index (χ0n) is 9.91. The highest BCUT2D eigenvalue weighted by molar-refractivity contribution is 7.71. The molecule has 1 aromatic carbocycles. The molecular weight excluding hydrogens is 250 g/mol. The molecule has 18 heavy (non-hydrogen) atoms. The Morgan fingerprint density at radius 1 is 1.28 bits per heavy atom. The molecule has 2 heterocycles. The second-order valence-electron chi connectivity index (χ2n) is 4.07. The van der Waals surface area contributed by atoms with Gasteiger partial charge in [0.05, 0.1) is 0 Å². The molecule has 0 fully saturated rings. The number of aromatic amines is 1. The lowest BCUT2D eigenvalue weighted by Gasteiger charge is -2.11. The number of aromatic nitrogens is 4. The van der Waals surface area contributed by atoms with E-state index in [-0.39, 0.29) is 0 Å². The van der Waals surface area contributed by atoms with Crippen molar-refractivity contribution in [2.45, 2.75) is 0 Å². The van der Waals surface area contributed by atoms with Gasteiger partial charge in [0.25, 0.3) is 0 Å². The SMILES string of the molecule is CN(C)c1ccc(-c2nn3[nH]c(=S)nc3o2)cc1. The number of hydrogen-bond donors (Lipinski definition) is 1. The molecule has 0 saturated carbocycles. The van der Waals surface area contributed by atoms with Crippen LogP contribution in [0.2, 0.25) is 0 Å². The first-order valence-electron chi connectivity index (χ1n) is 5.37. The Bertz CT molecular complexity index is 702. The van der Waals surface area contributed by atoms with Crippen LogP contribution in [-0.2, 0) is 0 Å². The van der Waals surface area contributed by atoms with Gasteiger partial charge in [0.15, 0.2) is 0 Å². The largest absolute Gasteiger partial charge is 0.402 e. The monoisotopic (exact) mass is 261 g/mol. The number of benzene rings is 1. The Kier molecular flexibility index (Phi) is 2.41. The van der Waals surface area contributed by atoms with E-state index in [1.54, 1.807) is 0 Å². The number of nitrogens with zero attached hydrogens (tertiary/aromatic N) is 4. The molecule has 7 heteroatoms. The zero-order chi connectivity index (χ0) is 12.7. The molecule has 6 nitrogen and oxygen atoms in total. The molecule has 0 radical (unpaired) electrons. The molecule has 92 valence electrons. The van der Waals surface area contributed by atoms with E-state index in [2.05, 4.69) is 15.2 Å². The molecule has 3 rings (SSSR count). The van der Waals surface area contributed by atoms with Crippen molar-refractivity contribution in [1.82, 2.24) is 19.8 Å². The van der Waals surface area contributed by atoms with Gasteiger partial charge in [0.2, 0.25) is 10.7 Å². The maximum Gasteiger partial charge on any atom is 0.343 e. The first kappa shape index (κ1) is 11.0. The Labute approximate surface area is 108 Å². The summed E-state index contributed by atoms with van der Waals surface area (Å²) in [5.41, 5.74) is 2.01. The van der Waals surface area contributed by atoms with Crippen molar-refractivity contribution in [2.75, 3.05) is 19.0 Å². The maximum atomic E-state index is 5.50. The standard InChI is InChI=1S/C11H11N5OS/c1-15(2)8-5-3-7(4-6-8)9-13-16-11(17-9)12-10(18)14-16/h3-6H,1-2H3,(H,14,18). The lowest BCUT2D eigenvalue weighted by molar-refractivity contribution is 0.604. The Hall–Kier alpha value is -2.15. The van der Waals surface area contributed by atoms with Gasteiger partial charge in [-0.3, -0.25) is 0 Å². The minimum atomic E-state index is 0.357. The fraction of sp³-hybridized carbons (Fsp3) is 0.182. The Morgan fingerprint density at radius 2 is 2.00 bits per heavy atom. The minimum Gasteiger partial charge on any atom is -0.402 e. The third-order valence-electron chi connectivity index (χ3n) is 2.59. The number of nitrogens with one attached hydrogen (secondary N) is 1. The lowest BCUT2D eigenvalue weighted by Crippen LogP contribution is -2.07. The predicted octanol–water partition coefficient (Wildman–Crippen LogP) is 2.11. The van der Waals surface area contributed by atoms with Crippen LogP contribution in [0.4, 0.5) is 5.69 Å². The van der Waals surface area contributed by atoms with Gasteiger partial charge in [0, 0.05) is 25.3 Å². The van der Waals surface area contributed by atoms with Gasteiger partial charge in [-0.1, -0.05) is 0 Å². The van der Waals surface area contributed by atoms with E-state index in [4.69, 9.17) is 16.6 Å². The van der Waals surface area contributed by atoms with Gasteiger partial charge < -0.3 is 9.32 Å². The van der Waals surface area contributed by atoms with Crippen molar-refractivity contribution in [3.8, 4) is 11.5 Å². The van der Waals surface area contributed by atoms with Gasteiger partial charge in [0.1, 0.15) is 0 Å². The van der Waals surface area contributed by atoms with Crippen molar-refractivity contribution < 1.29 is 4.42 Å². The first-order valence-corrected chi connectivity index (χ1v) is 5.78. The van der Waals surface area contributed by atoms with Crippen LogP contribution in [0.1, 0.15) is 0 Å². The van der Waals surface area contributed by atoms with Gasteiger partial charge in [-0.25, -0.2) is 5.10 Å². The summed E-state index contributed by atoms with van der Waals surface area (Å²) in [6.45, 7) is 0. The van der Waals surface area contributed by atoms with Crippen molar-refractivity contribution in [3.63, 3.8) is 0 Å². The Morgan fingerprint density at radius 3 is 2.61 bits per heavy atom. The highest BCUT2D eigenvalue weighted by Gasteiger charge is 2.09. The van der Waals surface area contributed by atoms with E-state index in [1.807, 2.05) is 43.3 Å². The van der Waals surface area contributed by atoms with E-state index in [1.165, 1.54) is 4.63 Å². The van der Waals surface area contributed by atoms with E-state index in [9.17, 15) is 0 Å². The van der Waals surface area contributed by atoms with Crippen LogP contribution in [0.5, 0.6) is 0 Å². The topological polar surface area (TPSA) is 62.4 Å². The van der Waals surface area contributed by atoms with Crippen LogP contribution in [-0.4, -0.2) is 33.9 Å². The number of hydrogen-bond acceptors (Lipinski definition) is 5. The zero-order valence-corrected chi connectivity index (χ0v) is 10.7. The summed E-state index contributed by atoms with van der Waals surface area (Å²) in [4.78, 5) is 6.02. The van der Waals surface area contributed by atoms with Crippen LogP contribution in [0.3, 0.4) is 0 Å². The molecule has 0 saturated heterocycles. The van der Waals surface area contributed by atoms with Crippen molar-refractivity contribution >= 4 is 23.7 Å². The van der Waals surface area contributed by atoms with Crippen LogP contribution in [0, 0.1) is 4.77 Å². The molecule has 1 N–H and O–H groups in total.